The molecule has 0 saturated heterocycles. The maximum atomic E-state index is 12.1. The van der Waals surface area contributed by atoms with Crippen molar-refractivity contribution in [1.82, 2.24) is 4.90 Å². The monoisotopic (exact) mass is 317 g/mol. The molecular formula is C18H23NO4. The quantitative estimate of drug-likeness (QED) is 0.621. The van der Waals surface area contributed by atoms with Gasteiger partial charge >= 0.3 is 12.1 Å². The highest BCUT2D eigenvalue weighted by Crippen LogP contribution is 2.22. The van der Waals surface area contributed by atoms with Gasteiger partial charge in [0.2, 0.25) is 0 Å². The second-order valence-corrected chi connectivity index (χ2v) is 6.54. The summed E-state index contributed by atoms with van der Waals surface area (Å²) in [5.41, 5.74) is 2.76. The van der Waals surface area contributed by atoms with Crippen molar-refractivity contribution in [3.8, 4) is 0 Å². The molecule has 5 heteroatoms. The Labute approximate surface area is 136 Å². The zero-order chi connectivity index (χ0) is 17.0. The number of ether oxygens (including phenoxy) is 2. The molecule has 0 radical (unpaired) electrons. The number of benzene rings is 1. The van der Waals surface area contributed by atoms with Gasteiger partial charge < -0.3 is 14.4 Å². The lowest BCUT2D eigenvalue weighted by atomic mass is 9.97. The van der Waals surface area contributed by atoms with E-state index in [9.17, 15) is 9.59 Å². The number of carbonyl (C=O) groups is 2. The fourth-order valence-electron chi connectivity index (χ4n) is 2.39. The van der Waals surface area contributed by atoms with E-state index in [1.54, 1.807) is 11.0 Å². The Kier molecular flexibility index (Phi) is 5.08. The van der Waals surface area contributed by atoms with Crippen molar-refractivity contribution < 1.29 is 19.1 Å². The molecule has 124 valence electrons. The van der Waals surface area contributed by atoms with Gasteiger partial charge in [-0.2, -0.15) is 0 Å². The zero-order valence-corrected chi connectivity index (χ0v) is 14.1. The van der Waals surface area contributed by atoms with E-state index in [2.05, 4.69) is 4.74 Å². The Balaban J connectivity index is 2.07. The third-order valence-corrected chi connectivity index (χ3v) is 3.51. The summed E-state index contributed by atoms with van der Waals surface area (Å²) >= 11 is 0. The van der Waals surface area contributed by atoms with E-state index in [1.165, 1.54) is 18.7 Å². The minimum Gasteiger partial charge on any atom is -0.466 e. The zero-order valence-electron chi connectivity index (χ0n) is 14.1. The van der Waals surface area contributed by atoms with E-state index in [1.807, 2.05) is 39.0 Å². The normalized spacial score (nSPS) is 14.5. The van der Waals surface area contributed by atoms with Crippen LogP contribution in [0.4, 0.5) is 4.79 Å². The molecule has 2 rings (SSSR count). The molecule has 0 unspecified atom stereocenters. The predicted molar refractivity (Wildman–Crippen MR) is 87.8 cm³/mol. The molecule has 1 heterocycles. The van der Waals surface area contributed by atoms with Crippen LogP contribution in [0.1, 0.15) is 37.5 Å². The number of hydrogen-bond acceptors (Lipinski definition) is 4. The lowest BCUT2D eigenvalue weighted by molar-refractivity contribution is -0.134. The highest BCUT2D eigenvalue weighted by Gasteiger charge is 2.25. The number of amides is 1. The van der Waals surface area contributed by atoms with Crippen molar-refractivity contribution >= 4 is 18.1 Å². The summed E-state index contributed by atoms with van der Waals surface area (Å²) in [6.45, 7) is 6.77. The van der Waals surface area contributed by atoms with Gasteiger partial charge in [0.1, 0.15) is 5.60 Å². The van der Waals surface area contributed by atoms with Gasteiger partial charge in [0.15, 0.2) is 0 Å². The first-order valence-electron chi connectivity index (χ1n) is 7.64. The van der Waals surface area contributed by atoms with E-state index < -0.39 is 5.60 Å². The number of fused-ring (bicyclic) bond motifs is 1. The van der Waals surface area contributed by atoms with Gasteiger partial charge in [-0.1, -0.05) is 18.2 Å². The van der Waals surface area contributed by atoms with Crippen LogP contribution in [0.3, 0.4) is 0 Å². The first kappa shape index (κ1) is 17.1. The van der Waals surface area contributed by atoms with E-state index in [0.29, 0.717) is 13.1 Å². The molecule has 0 aliphatic carbocycles. The summed E-state index contributed by atoms with van der Waals surface area (Å²) in [5.74, 6) is -0.376. The smallest absolute Gasteiger partial charge is 0.410 e. The molecule has 0 spiro atoms. The average Bonchev–Trinajstić information content (AvgIpc) is 2.50. The van der Waals surface area contributed by atoms with Crippen molar-refractivity contribution in [3.63, 3.8) is 0 Å². The van der Waals surface area contributed by atoms with E-state index in [0.717, 1.165) is 17.5 Å². The minimum atomic E-state index is -0.486. The number of nitrogens with zero attached hydrogens (tertiary/aromatic N) is 1. The highest BCUT2D eigenvalue weighted by molar-refractivity contribution is 5.87. The largest absolute Gasteiger partial charge is 0.466 e. The molecular weight excluding hydrogens is 294 g/mol. The van der Waals surface area contributed by atoms with Crippen LogP contribution < -0.4 is 0 Å². The fraction of sp³-hybridized carbons (Fsp3) is 0.444. The predicted octanol–water partition coefficient (Wildman–Crippen LogP) is 3.17. The second-order valence-electron chi connectivity index (χ2n) is 6.54. The number of carbonyl (C=O) groups excluding carboxylic acids is 2. The molecule has 0 N–H and O–H groups in total. The number of hydrogen-bond donors (Lipinski definition) is 0. The lowest BCUT2D eigenvalue weighted by Gasteiger charge is -2.31. The molecule has 23 heavy (non-hydrogen) atoms. The van der Waals surface area contributed by atoms with Gasteiger partial charge in [-0.05, 0) is 50.0 Å². The van der Waals surface area contributed by atoms with Gasteiger partial charge in [-0.15, -0.1) is 0 Å². The van der Waals surface area contributed by atoms with E-state index in [4.69, 9.17) is 4.74 Å². The third-order valence-electron chi connectivity index (χ3n) is 3.51. The molecule has 5 nitrogen and oxygen atoms in total. The number of rotatable bonds is 2. The minimum absolute atomic E-state index is 0.280. The van der Waals surface area contributed by atoms with Gasteiger partial charge in [-0.3, -0.25) is 0 Å². The molecule has 0 bridgehead atoms. The van der Waals surface area contributed by atoms with Crippen LogP contribution in [0.25, 0.3) is 6.08 Å². The summed E-state index contributed by atoms with van der Waals surface area (Å²) < 4.78 is 10.00. The molecule has 1 amide bonds. The molecule has 1 aliphatic heterocycles. The Morgan fingerprint density at radius 3 is 2.61 bits per heavy atom. The van der Waals surface area contributed by atoms with Crippen molar-refractivity contribution in [1.29, 1.82) is 0 Å². The standard InChI is InChI=1S/C18H23NO4/c1-18(2,3)23-17(21)19-10-9-14-11-13(5-7-15(14)12-19)6-8-16(20)22-4/h5-8,11H,9-10,12H2,1-4H3/b8-6+. The van der Waals surface area contributed by atoms with Crippen molar-refractivity contribution in [2.24, 2.45) is 0 Å². The van der Waals surface area contributed by atoms with E-state index in [-0.39, 0.29) is 12.1 Å². The molecule has 0 fully saturated rings. The van der Waals surface area contributed by atoms with Gasteiger partial charge in [0.05, 0.1) is 7.11 Å². The summed E-state index contributed by atoms with van der Waals surface area (Å²) in [7, 11) is 1.35. The summed E-state index contributed by atoms with van der Waals surface area (Å²) in [4.78, 5) is 25.0. The fourth-order valence-corrected chi connectivity index (χ4v) is 2.39. The summed E-state index contributed by atoms with van der Waals surface area (Å²) in [6, 6.07) is 5.96. The first-order valence-corrected chi connectivity index (χ1v) is 7.64. The van der Waals surface area contributed by atoms with Crippen molar-refractivity contribution in [2.45, 2.75) is 39.3 Å². The van der Waals surface area contributed by atoms with Crippen molar-refractivity contribution in [2.75, 3.05) is 13.7 Å². The molecule has 0 saturated carbocycles. The van der Waals surface area contributed by atoms with Crippen LogP contribution in [-0.2, 0) is 27.2 Å². The Hall–Kier alpha value is -2.30. The van der Waals surface area contributed by atoms with Crippen molar-refractivity contribution in [3.05, 3.63) is 41.0 Å². The molecule has 1 aliphatic rings. The van der Waals surface area contributed by atoms with Gasteiger partial charge in [0, 0.05) is 19.2 Å². The second kappa shape index (κ2) is 6.86. The Morgan fingerprint density at radius 2 is 1.96 bits per heavy atom. The molecule has 0 atom stereocenters. The Bertz CT molecular complexity index is 628. The van der Waals surface area contributed by atoms with Gasteiger partial charge in [-0.25, -0.2) is 9.59 Å². The van der Waals surface area contributed by atoms with Gasteiger partial charge in [0.25, 0.3) is 0 Å². The van der Waals surface area contributed by atoms with Crippen LogP contribution in [0.15, 0.2) is 24.3 Å². The number of methoxy groups -OCH3 is 1. The molecule has 0 aromatic heterocycles. The summed E-state index contributed by atoms with van der Waals surface area (Å²) in [6.07, 6.45) is 3.62. The Morgan fingerprint density at radius 1 is 1.22 bits per heavy atom. The van der Waals surface area contributed by atoms with Crippen LogP contribution >= 0.6 is 0 Å². The average molecular weight is 317 g/mol. The maximum absolute atomic E-state index is 12.1. The lowest BCUT2D eigenvalue weighted by Crippen LogP contribution is -2.39. The van der Waals surface area contributed by atoms with Crippen LogP contribution in [0, 0.1) is 0 Å². The van der Waals surface area contributed by atoms with Crippen LogP contribution in [0.5, 0.6) is 0 Å². The van der Waals surface area contributed by atoms with Crippen LogP contribution in [-0.4, -0.2) is 36.2 Å². The van der Waals surface area contributed by atoms with Crippen LogP contribution in [0.2, 0.25) is 0 Å². The maximum Gasteiger partial charge on any atom is 0.410 e. The van der Waals surface area contributed by atoms with E-state index >= 15 is 0 Å². The third kappa shape index (κ3) is 4.84. The topological polar surface area (TPSA) is 55.8 Å². The SMILES string of the molecule is COC(=O)/C=C/c1ccc2c(c1)CCN(C(=O)OC(C)(C)C)C2. The first-order chi connectivity index (χ1) is 10.8. The summed E-state index contributed by atoms with van der Waals surface area (Å²) in [5, 5.41) is 0. The molecule has 1 aromatic rings. The number of esters is 1. The molecule has 1 aromatic carbocycles. The highest BCUT2D eigenvalue weighted by atomic mass is 16.6.